The average molecular weight is 883 g/mol. The van der Waals surface area contributed by atoms with Crippen LogP contribution in [0.1, 0.15) is 50.5 Å². The van der Waals surface area contributed by atoms with Crippen molar-refractivity contribution < 1.29 is 43.2 Å². The van der Waals surface area contributed by atoms with Gasteiger partial charge in [0.25, 0.3) is 0 Å². The molecule has 0 saturated carbocycles. The first-order valence-electron chi connectivity index (χ1n) is 17.6. The van der Waals surface area contributed by atoms with E-state index in [0.29, 0.717) is 73.6 Å². The maximum atomic E-state index is 8.81. The van der Waals surface area contributed by atoms with Crippen molar-refractivity contribution >= 4 is 34.0 Å². The van der Waals surface area contributed by atoms with Gasteiger partial charge in [-0.3, -0.25) is 30.3 Å². The van der Waals surface area contributed by atoms with Crippen molar-refractivity contribution in [1.29, 1.82) is 0 Å². The van der Waals surface area contributed by atoms with E-state index >= 15 is 0 Å². The van der Waals surface area contributed by atoms with Crippen LogP contribution in [-0.4, -0.2) is 72.2 Å². The number of fused-ring (bicyclic) bond motifs is 3. The zero-order valence-electron chi connectivity index (χ0n) is 33.5. The molecular weight excluding hydrogens is 841 g/mol. The van der Waals surface area contributed by atoms with Crippen LogP contribution in [0, 0.1) is 30.3 Å². The van der Waals surface area contributed by atoms with Crippen molar-refractivity contribution in [3.63, 3.8) is 0 Å². The fourth-order valence-electron chi connectivity index (χ4n) is 5.73. The maximum Gasteiger partial charge on any atom is 0.194 e. The van der Waals surface area contributed by atoms with E-state index in [1.165, 1.54) is 0 Å². The van der Waals surface area contributed by atoms with Crippen molar-refractivity contribution in [2.24, 2.45) is 0 Å². The van der Waals surface area contributed by atoms with Crippen LogP contribution < -0.4 is 28.4 Å². The molecule has 0 aliphatic heterocycles. The number of hydrogen-bond donors (Lipinski definition) is 0. The highest BCUT2D eigenvalue weighted by atomic mass is 32.1. The summed E-state index contributed by atoms with van der Waals surface area (Å²) in [5.41, 5.74) is 14.8. The van der Waals surface area contributed by atoms with Crippen molar-refractivity contribution in [3.05, 3.63) is 150 Å². The predicted molar refractivity (Wildman–Crippen MR) is 225 cm³/mol. The number of ether oxygens (including phenoxy) is 6. The van der Waals surface area contributed by atoms with Crippen molar-refractivity contribution in [2.45, 2.75) is 39.1 Å². The van der Waals surface area contributed by atoms with E-state index in [1.807, 2.05) is 16.1 Å². The predicted octanol–water partition coefficient (Wildman–Crippen LogP) is 7.58. The molecular formula is C39H42N6O12S3. The summed E-state index contributed by atoms with van der Waals surface area (Å²) in [6, 6.07) is 12.5. The first-order valence-corrected chi connectivity index (χ1v) is 20.5. The molecule has 3 heterocycles. The minimum absolute atomic E-state index is 0.352. The monoisotopic (exact) mass is 882 g/mol. The zero-order valence-corrected chi connectivity index (χ0v) is 35.9. The maximum absolute atomic E-state index is 8.81. The van der Waals surface area contributed by atoms with Gasteiger partial charge in [0, 0.05) is 30.9 Å². The Morgan fingerprint density at radius 1 is 0.467 bits per heavy atom. The van der Waals surface area contributed by atoms with Crippen LogP contribution >= 0.6 is 34.0 Å². The Labute approximate surface area is 356 Å². The van der Waals surface area contributed by atoms with Crippen molar-refractivity contribution in [3.8, 4) is 34.5 Å². The van der Waals surface area contributed by atoms with Gasteiger partial charge in [0.15, 0.2) is 55.6 Å². The largest absolute Gasteiger partial charge is 0.493 e. The van der Waals surface area contributed by atoms with E-state index in [2.05, 4.69) is 51.4 Å². The van der Waals surface area contributed by atoms with Crippen molar-refractivity contribution in [2.75, 3.05) is 42.5 Å². The molecule has 3 aromatic heterocycles. The average Bonchev–Trinajstić information content (AvgIpc) is 4.02. The lowest BCUT2D eigenvalue weighted by Gasteiger charge is -2.18. The fourth-order valence-corrected chi connectivity index (χ4v) is 7.36. The first kappa shape index (κ1) is 46.2. The lowest BCUT2D eigenvalue weighted by Crippen LogP contribution is -2.04. The lowest BCUT2D eigenvalue weighted by atomic mass is 9.94. The fraction of sp³-hybridized carbons (Fsp3) is 0.308. The summed E-state index contributed by atoms with van der Waals surface area (Å²) in [5, 5.41) is 32.4. The number of methoxy groups -OCH3 is 3. The minimum Gasteiger partial charge on any atom is -0.493 e. The molecule has 7 rings (SSSR count). The molecule has 6 aromatic rings. The Bertz CT molecular complexity index is 2040. The summed E-state index contributed by atoms with van der Waals surface area (Å²) >= 11 is 4.63. The van der Waals surface area contributed by atoms with Gasteiger partial charge in [0.2, 0.25) is 0 Å². The van der Waals surface area contributed by atoms with Crippen LogP contribution in [0.3, 0.4) is 0 Å². The van der Waals surface area contributed by atoms with Gasteiger partial charge in [0.1, 0.15) is 19.8 Å². The van der Waals surface area contributed by atoms with Crippen LogP contribution in [0.2, 0.25) is 0 Å². The molecule has 3 aromatic carbocycles. The molecule has 0 atom stereocenters. The topological polar surface area (TPSA) is 223 Å². The van der Waals surface area contributed by atoms with Gasteiger partial charge < -0.3 is 28.4 Å². The van der Waals surface area contributed by atoms with E-state index in [4.69, 9.17) is 58.8 Å². The van der Waals surface area contributed by atoms with Crippen LogP contribution in [0.5, 0.6) is 34.5 Å². The molecule has 21 heteroatoms. The van der Waals surface area contributed by atoms with Gasteiger partial charge >= 0.3 is 0 Å². The van der Waals surface area contributed by atoms with Gasteiger partial charge in [-0.25, -0.2) is 15.0 Å². The summed E-state index contributed by atoms with van der Waals surface area (Å²) < 4.78 is 36.4. The highest BCUT2D eigenvalue weighted by Crippen LogP contribution is 2.41. The molecule has 318 valence electrons. The molecule has 1 aliphatic rings. The third-order valence-electron chi connectivity index (χ3n) is 8.18. The van der Waals surface area contributed by atoms with Crippen LogP contribution in [0.15, 0.2) is 69.1 Å². The van der Waals surface area contributed by atoms with Gasteiger partial charge in [0.05, 0.1) is 54.9 Å². The Hall–Kier alpha value is -6.45. The lowest BCUT2D eigenvalue weighted by molar-refractivity contribution is -0.445. The van der Waals surface area contributed by atoms with Crippen molar-refractivity contribution in [1.82, 2.24) is 15.0 Å². The second-order valence-electron chi connectivity index (χ2n) is 12.5. The first-order chi connectivity index (χ1) is 28.8. The second-order valence-corrected chi connectivity index (χ2v) is 14.6. The molecule has 0 bridgehead atoms. The minimum atomic E-state index is -0.500. The third kappa shape index (κ3) is 14.4. The third-order valence-corrected chi connectivity index (χ3v) is 10.1. The van der Waals surface area contributed by atoms with E-state index in [-0.39, 0.29) is 0 Å². The Balaban J connectivity index is 0.000000587. The molecule has 0 saturated heterocycles. The summed E-state index contributed by atoms with van der Waals surface area (Å²) in [7, 11) is 7.68. The Morgan fingerprint density at radius 2 is 0.683 bits per heavy atom. The number of thiazole rings is 3. The highest BCUT2D eigenvalue weighted by molar-refractivity contribution is 7.08. The van der Waals surface area contributed by atoms with E-state index < -0.39 is 14.8 Å². The summed E-state index contributed by atoms with van der Waals surface area (Å²) in [4.78, 5) is 38.1. The number of hydrogen-bond acceptors (Lipinski definition) is 18. The summed E-state index contributed by atoms with van der Waals surface area (Å²) in [6.45, 7) is 1.06. The van der Waals surface area contributed by atoms with Gasteiger partial charge in [-0.05, 0) is 89.0 Å². The molecule has 0 amide bonds. The Kier molecular flexibility index (Phi) is 17.9. The summed E-state index contributed by atoms with van der Waals surface area (Å²) in [5.74, 6) is 4.01. The van der Waals surface area contributed by atoms with Crippen LogP contribution in [-0.2, 0) is 39.1 Å². The van der Waals surface area contributed by atoms with Gasteiger partial charge in [-0.1, -0.05) is 0 Å². The summed E-state index contributed by atoms with van der Waals surface area (Å²) in [6.07, 6.45) is 1.97. The number of aromatic nitrogens is 3. The van der Waals surface area contributed by atoms with E-state index in [9.17, 15) is 0 Å². The Morgan fingerprint density at radius 3 is 0.867 bits per heavy atom. The number of nitrogens with zero attached hydrogens (tertiary/aromatic N) is 6. The second kappa shape index (κ2) is 23.2. The molecule has 0 unspecified atom stereocenters. The number of benzene rings is 3. The number of nitro groups is 3. The normalized spacial score (nSPS) is 10.9. The van der Waals surface area contributed by atoms with Crippen LogP contribution in [0.25, 0.3) is 0 Å². The van der Waals surface area contributed by atoms with E-state index in [1.54, 1.807) is 71.9 Å². The standard InChI is InChI=1S/C36H33N3O6S3.3CH3NO2/c1-40-31-7-22-4-26-11-35(44-14-29-17-47-20-38-29)33(42-3)9-24(26)6-27-12-36(45-15-30-18-48-21-39-30)32(41-2)8-23(27)5-25(22)10-34(31)43-13-28-16-46-19-37-28;3*1-2(3)4/h7-12,16-21H,4-6,13-15H2,1-3H3;3*1H3. The van der Waals surface area contributed by atoms with Gasteiger partial charge in [-0.2, -0.15) is 0 Å². The molecule has 0 N–H and O–H groups in total. The highest BCUT2D eigenvalue weighted by Gasteiger charge is 2.23. The number of rotatable bonds is 12. The molecule has 60 heavy (non-hydrogen) atoms. The quantitative estimate of drug-likeness (QED) is 0.0852. The van der Waals surface area contributed by atoms with Crippen LogP contribution in [0.4, 0.5) is 0 Å². The SMILES string of the molecule is COc1cc2c(cc1OCc1cscn1)Cc1cc(OC)c(OCc3cscn3)cc1Cc1cc(OC)c(OCc3cscn3)cc1C2.C[N+](=O)[O-].C[N+](=O)[O-].C[N+](=O)[O-]. The van der Waals surface area contributed by atoms with E-state index in [0.717, 1.165) is 71.6 Å². The smallest absolute Gasteiger partial charge is 0.194 e. The molecule has 0 radical (unpaired) electrons. The molecule has 0 spiro atoms. The molecule has 1 aliphatic carbocycles. The zero-order chi connectivity index (χ0) is 43.6. The van der Waals surface area contributed by atoms with Gasteiger partial charge in [-0.15, -0.1) is 34.0 Å². The molecule has 18 nitrogen and oxygen atoms in total. The molecule has 0 fully saturated rings.